The molecule has 0 amide bonds. The lowest BCUT2D eigenvalue weighted by atomic mass is 10.2. The van der Waals surface area contributed by atoms with Gasteiger partial charge in [-0.25, -0.2) is 8.42 Å². The van der Waals surface area contributed by atoms with E-state index in [9.17, 15) is 34.8 Å². The average Bonchev–Trinajstić information content (AvgIpc) is 2.26. The van der Waals surface area contributed by atoms with E-state index in [4.69, 9.17) is 0 Å². The Kier molecular flexibility index (Phi) is 6.12. The summed E-state index contributed by atoms with van der Waals surface area (Å²) < 4.78 is 101. The van der Waals surface area contributed by atoms with Gasteiger partial charge in [0.15, 0.2) is 0 Å². The van der Waals surface area contributed by atoms with Crippen molar-refractivity contribution in [1.82, 2.24) is 9.21 Å². The zero-order chi connectivity index (χ0) is 17.3. The van der Waals surface area contributed by atoms with Gasteiger partial charge < -0.3 is 4.90 Å². The van der Waals surface area contributed by atoms with Crippen LogP contribution in [0, 0.1) is 0 Å². The molecule has 0 aliphatic carbocycles. The monoisotopic (exact) mass is 344 g/mol. The van der Waals surface area contributed by atoms with Gasteiger partial charge in [0.2, 0.25) is 0 Å². The highest BCUT2D eigenvalue weighted by atomic mass is 32.2. The van der Waals surface area contributed by atoms with E-state index in [0.717, 1.165) is 0 Å². The molecule has 0 unspecified atom stereocenters. The number of halogens is 6. The molecule has 0 N–H and O–H groups in total. The molecule has 0 bridgehead atoms. The summed E-state index contributed by atoms with van der Waals surface area (Å²) in [6, 6.07) is 0. The van der Waals surface area contributed by atoms with Gasteiger partial charge >= 0.3 is 17.1 Å². The molecule has 11 heteroatoms. The van der Waals surface area contributed by atoms with Crippen LogP contribution in [-0.4, -0.2) is 69.0 Å². The van der Waals surface area contributed by atoms with Crippen LogP contribution in [0.15, 0.2) is 0 Å². The largest absolute Gasteiger partial charge is 0.427 e. The van der Waals surface area contributed by atoms with Gasteiger partial charge in [0, 0.05) is 20.5 Å². The molecule has 0 aromatic heterocycles. The third-order valence-corrected chi connectivity index (χ3v) is 4.64. The summed E-state index contributed by atoms with van der Waals surface area (Å²) in [5, 5.41) is -5.91. The van der Waals surface area contributed by atoms with Gasteiger partial charge in [-0.15, -0.1) is 0 Å². The third kappa shape index (κ3) is 4.01. The van der Waals surface area contributed by atoms with Crippen LogP contribution in [0.5, 0.6) is 0 Å². The molecule has 0 aromatic carbocycles. The Bertz CT molecular complexity index is 447. The number of sulfonamides is 1. The van der Waals surface area contributed by atoms with Crippen molar-refractivity contribution in [3.63, 3.8) is 0 Å². The molecule has 0 saturated heterocycles. The smallest absolute Gasteiger partial charge is 0.309 e. The molecular weight excluding hydrogens is 326 g/mol. The third-order valence-electron chi connectivity index (χ3n) is 2.73. The molecule has 0 aliphatic heterocycles. The maximum Gasteiger partial charge on any atom is 0.427 e. The summed E-state index contributed by atoms with van der Waals surface area (Å²) >= 11 is 0. The van der Waals surface area contributed by atoms with Crippen molar-refractivity contribution in [2.45, 2.75) is 30.4 Å². The lowest BCUT2D eigenvalue weighted by Crippen LogP contribution is -2.59. The zero-order valence-corrected chi connectivity index (χ0v) is 12.8. The van der Waals surface area contributed by atoms with Gasteiger partial charge in [-0.3, -0.25) is 0 Å². The predicted molar refractivity (Wildman–Crippen MR) is 65.2 cm³/mol. The summed E-state index contributed by atoms with van der Waals surface area (Å²) in [7, 11) is -2.02. The maximum atomic E-state index is 13.4. The van der Waals surface area contributed by atoms with Gasteiger partial charge in [0.1, 0.15) is 0 Å². The average molecular weight is 344 g/mol. The summed E-state index contributed by atoms with van der Waals surface area (Å²) in [4.78, 5) is 1.62. The first-order valence-electron chi connectivity index (χ1n) is 5.83. The van der Waals surface area contributed by atoms with E-state index >= 15 is 0 Å². The van der Waals surface area contributed by atoms with E-state index in [-0.39, 0.29) is 10.7 Å². The van der Waals surface area contributed by atoms with Crippen molar-refractivity contribution in [3.05, 3.63) is 0 Å². The fraction of sp³-hybridized carbons (Fsp3) is 1.00. The fourth-order valence-corrected chi connectivity index (χ4v) is 2.61. The van der Waals surface area contributed by atoms with Crippen LogP contribution in [0.2, 0.25) is 0 Å². The molecule has 0 rings (SSSR count). The molecule has 0 radical (unpaired) electrons. The molecule has 0 saturated carbocycles. The number of hydrogen-bond donors (Lipinski definition) is 0. The lowest BCUT2D eigenvalue weighted by molar-refractivity contribution is -0.272. The van der Waals surface area contributed by atoms with Gasteiger partial charge in [0.25, 0.3) is 10.0 Å². The van der Waals surface area contributed by atoms with Crippen molar-refractivity contribution in [1.29, 1.82) is 0 Å². The van der Waals surface area contributed by atoms with Crippen LogP contribution < -0.4 is 0 Å². The second-order valence-electron chi connectivity index (χ2n) is 4.96. The molecule has 21 heavy (non-hydrogen) atoms. The van der Waals surface area contributed by atoms with E-state index in [1.54, 1.807) is 19.0 Å². The topological polar surface area (TPSA) is 40.6 Å². The Labute approximate surface area is 119 Å². The van der Waals surface area contributed by atoms with E-state index in [2.05, 4.69) is 0 Å². The van der Waals surface area contributed by atoms with Crippen LogP contribution in [0.3, 0.4) is 0 Å². The fourth-order valence-electron chi connectivity index (χ4n) is 1.34. The van der Waals surface area contributed by atoms with Crippen molar-refractivity contribution in [2.24, 2.45) is 0 Å². The van der Waals surface area contributed by atoms with E-state index in [1.807, 2.05) is 0 Å². The molecule has 128 valence electrons. The first-order valence-corrected chi connectivity index (χ1v) is 7.27. The van der Waals surface area contributed by atoms with Gasteiger partial charge in [-0.05, 0) is 27.1 Å². The molecule has 0 heterocycles. The van der Waals surface area contributed by atoms with Crippen LogP contribution in [0.1, 0.15) is 13.3 Å². The summed E-state index contributed by atoms with van der Waals surface area (Å²) in [6.45, 7) is -0.643. The second-order valence-corrected chi connectivity index (χ2v) is 7.05. The number of rotatable bonds is 8. The minimum absolute atomic E-state index is 0.0316. The van der Waals surface area contributed by atoms with Crippen LogP contribution in [-0.2, 0) is 10.0 Å². The second kappa shape index (κ2) is 6.29. The minimum atomic E-state index is -6.02. The van der Waals surface area contributed by atoms with Crippen molar-refractivity contribution >= 4 is 10.0 Å². The number of alkyl halides is 6. The van der Waals surface area contributed by atoms with Crippen molar-refractivity contribution < 1.29 is 34.8 Å². The number of nitrogens with zero attached hydrogens (tertiary/aromatic N) is 2. The summed E-state index contributed by atoms with van der Waals surface area (Å²) in [5.74, 6) is -11.2. The Morgan fingerprint density at radius 1 is 0.905 bits per heavy atom. The SMILES string of the molecule is CN(C)CCCN(C)S(=O)(=O)C(F)(F)C(F)(F)C(C)(F)F. The predicted octanol–water partition coefficient (Wildman–Crippen LogP) is 2.08. The van der Waals surface area contributed by atoms with Crippen molar-refractivity contribution in [3.8, 4) is 0 Å². The van der Waals surface area contributed by atoms with Gasteiger partial charge in [-0.2, -0.15) is 30.6 Å². The Hall–Kier alpha value is -0.550. The zero-order valence-electron chi connectivity index (χ0n) is 12.0. The van der Waals surface area contributed by atoms with Crippen LogP contribution in [0.4, 0.5) is 26.3 Å². The first kappa shape index (κ1) is 20.5. The van der Waals surface area contributed by atoms with Gasteiger partial charge in [0.05, 0.1) is 0 Å². The minimum Gasteiger partial charge on any atom is -0.309 e. The highest BCUT2D eigenvalue weighted by Gasteiger charge is 2.76. The molecule has 0 fully saturated rings. The number of hydrogen-bond acceptors (Lipinski definition) is 3. The van der Waals surface area contributed by atoms with E-state index in [1.165, 1.54) is 0 Å². The Morgan fingerprint density at radius 3 is 1.67 bits per heavy atom. The standard InChI is InChI=1S/C10H18F6N2O2S/c1-8(11,12)9(13,14)10(15,16)21(19,20)18(4)7-5-6-17(2)3/h5-7H2,1-4H3. The molecule has 0 atom stereocenters. The molecule has 0 aromatic rings. The van der Waals surface area contributed by atoms with Crippen LogP contribution in [0.25, 0.3) is 0 Å². The molecule has 4 nitrogen and oxygen atoms in total. The normalized spacial score (nSPS) is 15.0. The van der Waals surface area contributed by atoms with Gasteiger partial charge in [-0.1, -0.05) is 0 Å². The highest BCUT2D eigenvalue weighted by Crippen LogP contribution is 2.48. The molecule has 0 aliphatic rings. The Balaban J connectivity index is 5.30. The van der Waals surface area contributed by atoms with E-state index in [0.29, 0.717) is 13.6 Å². The summed E-state index contributed by atoms with van der Waals surface area (Å²) in [6.07, 6.45) is 0.0763. The summed E-state index contributed by atoms with van der Waals surface area (Å²) in [5.41, 5.74) is 0. The van der Waals surface area contributed by atoms with Crippen LogP contribution >= 0.6 is 0 Å². The van der Waals surface area contributed by atoms with Crippen molar-refractivity contribution in [2.75, 3.05) is 34.2 Å². The highest BCUT2D eigenvalue weighted by molar-refractivity contribution is 7.90. The Morgan fingerprint density at radius 2 is 1.33 bits per heavy atom. The quantitative estimate of drug-likeness (QED) is 0.633. The maximum absolute atomic E-state index is 13.4. The first-order chi connectivity index (χ1) is 9.09. The lowest BCUT2D eigenvalue weighted by Gasteiger charge is -2.32. The molecule has 0 spiro atoms. The van der Waals surface area contributed by atoms with E-state index < -0.39 is 40.6 Å². The molecular formula is C10H18F6N2O2S.